The lowest BCUT2D eigenvalue weighted by molar-refractivity contribution is 0.0642. The van der Waals surface area contributed by atoms with E-state index in [1.165, 1.54) is 0 Å². The van der Waals surface area contributed by atoms with E-state index >= 15 is 0 Å². The van der Waals surface area contributed by atoms with Gasteiger partial charge in [-0.15, -0.1) is 0 Å². The van der Waals surface area contributed by atoms with Crippen molar-refractivity contribution in [3.05, 3.63) is 0 Å². The molecule has 0 aromatic rings. The highest BCUT2D eigenvalue weighted by Gasteiger charge is 2.63. The number of halogens is 2. The van der Waals surface area contributed by atoms with Crippen LogP contribution in [-0.2, 0) is 0 Å². The fourth-order valence-corrected chi connectivity index (χ4v) is 1.72. The molecule has 2 rings (SSSR count). The Labute approximate surface area is 52.4 Å². The summed E-state index contributed by atoms with van der Waals surface area (Å²) in [6, 6.07) is 0. The van der Waals surface area contributed by atoms with Crippen molar-refractivity contribution in [2.45, 2.75) is 12.8 Å². The van der Waals surface area contributed by atoms with Gasteiger partial charge in [-0.2, -0.15) is 0 Å². The van der Waals surface area contributed by atoms with Crippen molar-refractivity contribution in [1.82, 2.24) is 5.32 Å². The summed E-state index contributed by atoms with van der Waals surface area (Å²) < 4.78 is 24.3. The Bertz CT molecular complexity index is 133. The lowest BCUT2D eigenvalue weighted by atomic mass is 10.1. The molecule has 0 radical (unpaired) electrons. The third-order valence-electron chi connectivity index (χ3n) is 2.56. The largest absolute Gasteiger partial charge is 0.316 e. The molecule has 3 heteroatoms. The number of alkyl halides is 2. The fourth-order valence-electron chi connectivity index (χ4n) is 1.72. The van der Waals surface area contributed by atoms with Crippen LogP contribution in [0.5, 0.6) is 0 Å². The van der Waals surface area contributed by atoms with Gasteiger partial charge < -0.3 is 5.32 Å². The molecule has 1 saturated carbocycles. The Morgan fingerprint density at radius 1 is 1.56 bits per heavy atom. The van der Waals surface area contributed by atoms with E-state index in [2.05, 4.69) is 5.32 Å². The molecular formula is C6H9F2N. The number of piperidine rings is 1. The van der Waals surface area contributed by atoms with E-state index in [0.29, 0.717) is 6.54 Å². The molecule has 1 nitrogen and oxygen atoms in total. The van der Waals surface area contributed by atoms with Crippen LogP contribution < -0.4 is 5.32 Å². The molecule has 1 saturated heterocycles. The Morgan fingerprint density at radius 3 is 2.56 bits per heavy atom. The van der Waals surface area contributed by atoms with Crippen molar-refractivity contribution < 1.29 is 8.78 Å². The predicted molar refractivity (Wildman–Crippen MR) is 29.4 cm³/mol. The summed E-state index contributed by atoms with van der Waals surface area (Å²) in [5.41, 5.74) is -0.583. The first-order chi connectivity index (χ1) is 4.26. The minimum Gasteiger partial charge on any atom is -0.316 e. The molecule has 2 aliphatic rings. The average molecular weight is 133 g/mol. The second-order valence-electron chi connectivity index (χ2n) is 3.07. The van der Waals surface area contributed by atoms with E-state index in [1.807, 2.05) is 0 Å². The lowest BCUT2D eigenvalue weighted by Gasteiger charge is -2.07. The smallest absolute Gasteiger partial charge is 0.245 e. The van der Waals surface area contributed by atoms with E-state index in [4.69, 9.17) is 0 Å². The summed E-state index contributed by atoms with van der Waals surface area (Å²) in [4.78, 5) is 0. The Kier molecular flexibility index (Phi) is 0.903. The molecule has 2 atom stereocenters. The predicted octanol–water partition coefficient (Wildman–Crippen LogP) is 0.861. The third kappa shape index (κ3) is 0.556. The van der Waals surface area contributed by atoms with Gasteiger partial charge in [-0.1, -0.05) is 0 Å². The van der Waals surface area contributed by atoms with Crippen molar-refractivity contribution >= 4 is 0 Å². The summed E-state index contributed by atoms with van der Waals surface area (Å²) in [5.74, 6) is 0.289. The molecule has 1 aliphatic heterocycles. The van der Waals surface area contributed by atoms with Crippen LogP contribution in [0, 0.1) is 11.3 Å². The molecule has 0 aromatic carbocycles. The summed E-state index contributed by atoms with van der Waals surface area (Å²) in [6.45, 7) is 1.35. The van der Waals surface area contributed by atoms with Crippen LogP contribution >= 0.6 is 0 Å². The standard InChI is InChI=1S/C6H9F2N/c7-5(8)6-1-4(6)2-9-3-6/h4-5,9H,1-3H2/t4-,6-/m1/s1. The molecule has 1 N–H and O–H groups in total. The van der Waals surface area contributed by atoms with Gasteiger partial charge in [0.05, 0.1) is 0 Å². The lowest BCUT2D eigenvalue weighted by Crippen LogP contribution is -2.21. The van der Waals surface area contributed by atoms with Crippen LogP contribution in [0.2, 0.25) is 0 Å². The number of fused-ring (bicyclic) bond motifs is 1. The van der Waals surface area contributed by atoms with Gasteiger partial charge in [0.25, 0.3) is 0 Å². The Morgan fingerprint density at radius 2 is 2.33 bits per heavy atom. The molecule has 0 aromatic heterocycles. The van der Waals surface area contributed by atoms with E-state index in [1.54, 1.807) is 0 Å². The first kappa shape index (κ1) is 5.59. The second kappa shape index (κ2) is 1.45. The summed E-state index contributed by atoms with van der Waals surface area (Å²) in [6.07, 6.45) is -1.35. The molecule has 9 heavy (non-hydrogen) atoms. The zero-order chi connectivity index (χ0) is 6.48. The number of hydrogen-bond donors (Lipinski definition) is 1. The maximum atomic E-state index is 12.1. The number of hydrogen-bond acceptors (Lipinski definition) is 1. The molecule has 2 fully saturated rings. The van der Waals surface area contributed by atoms with Crippen LogP contribution in [0.15, 0.2) is 0 Å². The SMILES string of the molecule is FC(F)[C@]12CNC[C@H]1C2. The van der Waals surface area contributed by atoms with E-state index in [-0.39, 0.29) is 5.92 Å². The molecule has 0 unspecified atom stereocenters. The van der Waals surface area contributed by atoms with Crippen LogP contribution in [0.3, 0.4) is 0 Å². The molecule has 0 bridgehead atoms. The third-order valence-corrected chi connectivity index (χ3v) is 2.56. The molecule has 52 valence electrons. The quantitative estimate of drug-likeness (QED) is 0.559. The van der Waals surface area contributed by atoms with Crippen LogP contribution in [0.4, 0.5) is 8.78 Å². The topological polar surface area (TPSA) is 12.0 Å². The van der Waals surface area contributed by atoms with Crippen molar-refractivity contribution in [1.29, 1.82) is 0 Å². The normalized spacial score (nSPS) is 47.7. The van der Waals surface area contributed by atoms with E-state index in [0.717, 1.165) is 13.0 Å². The Hall–Kier alpha value is -0.180. The maximum Gasteiger partial charge on any atom is 0.245 e. The van der Waals surface area contributed by atoms with Crippen molar-refractivity contribution in [2.75, 3.05) is 13.1 Å². The monoisotopic (exact) mass is 133 g/mol. The van der Waals surface area contributed by atoms with Gasteiger partial charge >= 0.3 is 0 Å². The second-order valence-corrected chi connectivity index (χ2v) is 3.07. The van der Waals surface area contributed by atoms with Gasteiger partial charge in [0.2, 0.25) is 6.43 Å². The van der Waals surface area contributed by atoms with Gasteiger partial charge in [-0.3, -0.25) is 0 Å². The van der Waals surface area contributed by atoms with E-state index < -0.39 is 11.8 Å². The van der Waals surface area contributed by atoms with Crippen molar-refractivity contribution in [2.24, 2.45) is 11.3 Å². The zero-order valence-corrected chi connectivity index (χ0v) is 5.03. The van der Waals surface area contributed by atoms with Crippen molar-refractivity contribution in [3.63, 3.8) is 0 Å². The summed E-state index contributed by atoms with van der Waals surface area (Å²) in [7, 11) is 0. The van der Waals surface area contributed by atoms with E-state index in [9.17, 15) is 8.78 Å². The van der Waals surface area contributed by atoms with Gasteiger partial charge in [-0.05, 0) is 18.9 Å². The summed E-state index contributed by atoms with van der Waals surface area (Å²) in [5, 5.41) is 2.96. The van der Waals surface area contributed by atoms with Crippen molar-refractivity contribution in [3.8, 4) is 0 Å². The average Bonchev–Trinajstić information content (AvgIpc) is 2.38. The molecule has 1 heterocycles. The van der Waals surface area contributed by atoms with Gasteiger partial charge in [0.1, 0.15) is 0 Å². The van der Waals surface area contributed by atoms with Gasteiger partial charge in [0.15, 0.2) is 0 Å². The molecule has 0 amide bonds. The maximum absolute atomic E-state index is 12.1. The highest BCUT2D eigenvalue weighted by Crippen LogP contribution is 2.58. The van der Waals surface area contributed by atoms with Gasteiger partial charge in [-0.25, -0.2) is 8.78 Å². The first-order valence-corrected chi connectivity index (χ1v) is 3.24. The fraction of sp³-hybridized carbons (Fsp3) is 1.00. The minimum atomic E-state index is -2.10. The zero-order valence-electron chi connectivity index (χ0n) is 5.03. The van der Waals surface area contributed by atoms with Crippen LogP contribution in [0.1, 0.15) is 6.42 Å². The van der Waals surface area contributed by atoms with Gasteiger partial charge in [0, 0.05) is 12.0 Å². The number of rotatable bonds is 1. The Balaban J connectivity index is 2.10. The van der Waals surface area contributed by atoms with Crippen LogP contribution in [0.25, 0.3) is 0 Å². The minimum absolute atomic E-state index is 0.289. The molecular weight excluding hydrogens is 124 g/mol. The number of nitrogens with one attached hydrogen (secondary N) is 1. The van der Waals surface area contributed by atoms with Crippen LogP contribution in [-0.4, -0.2) is 19.5 Å². The first-order valence-electron chi connectivity index (χ1n) is 3.24. The molecule has 0 spiro atoms. The highest BCUT2D eigenvalue weighted by atomic mass is 19.3. The highest BCUT2D eigenvalue weighted by molar-refractivity contribution is 5.10. The molecule has 1 aliphatic carbocycles. The summed E-state index contributed by atoms with van der Waals surface area (Å²) >= 11 is 0.